The lowest BCUT2D eigenvalue weighted by Gasteiger charge is -2.37. The fraction of sp³-hybridized carbons (Fsp3) is 0.455. The molecule has 0 aliphatic heterocycles. The molecule has 1 unspecified atom stereocenters. The third-order valence-corrected chi connectivity index (χ3v) is 7.82. The van der Waals surface area contributed by atoms with Crippen molar-refractivity contribution in [1.29, 1.82) is 0 Å². The number of rotatable bonds is 8. The van der Waals surface area contributed by atoms with Crippen molar-refractivity contribution >= 4 is 7.60 Å². The van der Waals surface area contributed by atoms with Gasteiger partial charge in [-0.1, -0.05) is 79.9 Å². The van der Waals surface area contributed by atoms with Crippen LogP contribution in [0.15, 0.2) is 60.7 Å². The number of nitrogens with one attached hydrogen (secondary N) is 1. The smallest absolute Gasteiger partial charge is 0.311 e. The highest BCUT2D eigenvalue weighted by atomic mass is 31.2. The van der Waals surface area contributed by atoms with Crippen LogP contribution in [0.1, 0.15) is 49.3 Å². The van der Waals surface area contributed by atoms with Gasteiger partial charge in [0.25, 0.3) is 0 Å². The number of hydrogen-bond donors (Lipinski definition) is 1. The van der Waals surface area contributed by atoms with Gasteiger partial charge in [0, 0.05) is 14.2 Å². The zero-order valence-electron chi connectivity index (χ0n) is 16.2. The van der Waals surface area contributed by atoms with Gasteiger partial charge in [-0.05, 0) is 29.9 Å². The summed E-state index contributed by atoms with van der Waals surface area (Å²) in [5.41, 5.74) is 2.28. The molecule has 2 aromatic rings. The molecule has 2 aromatic carbocycles. The Hall–Kier alpha value is -1.45. The third-order valence-electron chi connectivity index (χ3n) is 5.55. The summed E-state index contributed by atoms with van der Waals surface area (Å²) in [6.07, 6.45) is 5.67. The maximum atomic E-state index is 13.4. The lowest BCUT2D eigenvalue weighted by atomic mass is 9.88. The molecule has 1 aliphatic rings. The van der Waals surface area contributed by atoms with Crippen molar-refractivity contribution in [2.24, 2.45) is 5.92 Å². The highest BCUT2D eigenvalue weighted by molar-refractivity contribution is 7.54. The zero-order chi connectivity index (χ0) is 19.1. The SMILES string of the molecule is COP(=O)(OC)C(NC(c1ccccc1)c1ccccc1)C1CCCCC1. The van der Waals surface area contributed by atoms with Gasteiger partial charge in [-0.25, -0.2) is 0 Å². The monoisotopic (exact) mass is 387 g/mol. The van der Waals surface area contributed by atoms with Gasteiger partial charge < -0.3 is 9.05 Å². The molecule has 0 spiro atoms. The molecular formula is C22H30NO3P. The van der Waals surface area contributed by atoms with Crippen molar-refractivity contribution in [3.63, 3.8) is 0 Å². The fourth-order valence-electron chi connectivity index (χ4n) is 4.08. The molecule has 3 rings (SSSR count). The lowest BCUT2D eigenvalue weighted by molar-refractivity contribution is 0.220. The summed E-state index contributed by atoms with van der Waals surface area (Å²) < 4.78 is 24.3. The van der Waals surface area contributed by atoms with E-state index >= 15 is 0 Å². The van der Waals surface area contributed by atoms with E-state index in [0.29, 0.717) is 0 Å². The van der Waals surface area contributed by atoms with Crippen molar-refractivity contribution in [2.45, 2.75) is 43.9 Å². The van der Waals surface area contributed by atoms with E-state index in [1.54, 1.807) is 0 Å². The molecule has 0 heterocycles. The highest BCUT2D eigenvalue weighted by Gasteiger charge is 2.41. The normalized spacial score (nSPS) is 17.1. The van der Waals surface area contributed by atoms with Crippen LogP contribution in [-0.4, -0.2) is 20.0 Å². The first kappa shape index (κ1) is 20.3. The zero-order valence-corrected chi connectivity index (χ0v) is 17.1. The van der Waals surface area contributed by atoms with E-state index in [2.05, 4.69) is 29.6 Å². The summed E-state index contributed by atoms with van der Waals surface area (Å²) in [4.78, 5) is 0. The van der Waals surface area contributed by atoms with E-state index in [4.69, 9.17) is 9.05 Å². The van der Waals surface area contributed by atoms with Crippen molar-refractivity contribution in [1.82, 2.24) is 5.32 Å². The number of benzene rings is 2. The van der Waals surface area contributed by atoms with Crippen LogP contribution >= 0.6 is 7.60 Å². The first-order valence-electron chi connectivity index (χ1n) is 9.75. The van der Waals surface area contributed by atoms with Crippen LogP contribution < -0.4 is 5.32 Å². The van der Waals surface area contributed by atoms with Gasteiger partial charge >= 0.3 is 7.60 Å². The summed E-state index contributed by atoms with van der Waals surface area (Å²) in [6.45, 7) is 0. The second kappa shape index (κ2) is 9.66. The molecule has 0 amide bonds. The molecule has 1 fully saturated rings. The van der Waals surface area contributed by atoms with Crippen LogP contribution in [0.5, 0.6) is 0 Å². The second-order valence-electron chi connectivity index (χ2n) is 7.17. The Morgan fingerprint density at radius 3 is 1.78 bits per heavy atom. The van der Waals surface area contributed by atoms with E-state index in [0.717, 1.165) is 36.8 Å². The van der Waals surface area contributed by atoms with Crippen LogP contribution in [0.3, 0.4) is 0 Å². The Kier molecular flexibility index (Phi) is 7.26. The topological polar surface area (TPSA) is 47.6 Å². The van der Waals surface area contributed by atoms with Crippen LogP contribution in [0.2, 0.25) is 0 Å². The molecule has 5 heteroatoms. The fourth-order valence-corrected chi connectivity index (χ4v) is 5.83. The number of hydrogen-bond acceptors (Lipinski definition) is 4. The molecule has 1 aliphatic carbocycles. The first-order chi connectivity index (χ1) is 13.2. The van der Waals surface area contributed by atoms with E-state index < -0.39 is 7.60 Å². The third kappa shape index (κ3) is 4.89. The molecule has 1 N–H and O–H groups in total. The second-order valence-corrected chi connectivity index (χ2v) is 9.54. The maximum absolute atomic E-state index is 13.4. The summed E-state index contributed by atoms with van der Waals surface area (Å²) in [6, 6.07) is 20.5. The molecule has 4 nitrogen and oxygen atoms in total. The van der Waals surface area contributed by atoms with Crippen molar-refractivity contribution in [3.8, 4) is 0 Å². The Morgan fingerprint density at radius 1 is 0.852 bits per heavy atom. The molecule has 27 heavy (non-hydrogen) atoms. The molecule has 0 bridgehead atoms. The van der Waals surface area contributed by atoms with Crippen LogP contribution in [0.4, 0.5) is 0 Å². The largest absolute Gasteiger partial charge is 0.347 e. The Morgan fingerprint density at radius 2 is 1.33 bits per heavy atom. The summed E-state index contributed by atoms with van der Waals surface area (Å²) >= 11 is 0. The minimum absolute atomic E-state index is 0.0713. The molecule has 1 atom stereocenters. The predicted octanol–water partition coefficient (Wildman–Crippen LogP) is 5.76. The van der Waals surface area contributed by atoms with E-state index in [1.807, 2.05) is 36.4 Å². The van der Waals surface area contributed by atoms with Gasteiger partial charge in [0.05, 0.1) is 6.04 Å². The van der Waals surface area contributed by atoms with Gasteiger partial charge in [0.1, 0.15) is 5.78 Å². The lowest BCUT2D eigenvalue weighted by Crippen LogP contribution is -2.40. The van der Waals surface area contributed by atoms with Gasteiger partial charge in [-0.15, -0.1) is 0 Å². The van der Waals surface area contributed by atoms with Crippen molar-refractivity contribution < 1.29 is 13.6 Å². The molecule has 1 saturated carbocycles. The average Bonchev–Trinajstić information content (AvgIpc) is 2.76. The summed E-state index contributed by atoms with van der Waals surface area (Å²) in [5, 5.41) is 3.69. The van der Waals surface area contributed by atoms with Gasteiger partial charge in [-0.3, -0.25) is 9.88 Å². The molecule has 0 aromatic heterocycles. The Labute approximate surface area is 162 Å². The predicted molar refractivity (Wildman–Crippen MR) is 110 cm³/mol. The quantitative estimate of drug-likeness (QED) is 0.585. The van der Waals surface area contributed by atoms with E-state index in [1.165, 1.54) is 20.6 Å². The average molecular weight is 387 g/mol. The Balaban J connectivity index is 1.97. The summed E-state index contributed by atoms with van der Waals surface area (Å²) in [5.74, 6) is -0.0578. The Bertz CT molecular complexity index is 684. The maximum Gasteiger partial charge on any atom is 0.347 e. The summed E-state index contributed by atoms with van der Waals surface area (Å²) in [7, 11) is -0.290. The minimum Gasteiger partial charge on any atom is -0.311 e. The van der Waals surface area contributed by atoms with Crippen LogP contribution in [-0.2, 0) is 13.6 Å². The van der Waals surface area contributed by atoms with Gasteiger partial charge in [0.2, 0.25) is 0 Å². The first-order valence-corrected chi connectivity index (χ1v) is 11.4. The molecule has 0 radical (unpaired) electrons. The molecule has 0 saturated heterocycles. The molecular weight excluding hydrogens is 357 g/mol. The van der Waals surface area contributed by atoms with Gasteiger partial charge in [-0.2, -0.15) is 0 Å². The van der Waals surface area contributed by atoms with Crippen molar-refractivity contribution in [2.75, 3.05) is 14.2 Å². The standard InChI is InChI=1S/C22H30NO3P/c1-25-27(24,26-2)22(20-16-10-5-11-17-20)23-21(18-12-6-3-7-13-18)19-14-8-4-9-15-19/h3-4,6-9,12-15,20-23H,5,10-11,16-17H2,1-2H3. The minimum atomic E-state index is -3.27. The highest BCUT2D eigenvalue weighted by Crippen LogP contribution is 2.56. The van der Waals surface area contributed by atoms with Crippen molar-refractivity contribution in [3.05, 3.63) is 71.8 Å². The van der Waals surface area contributed by atoms with E-state index in [-0.39, 0.29) is 17.7 Å². The van der Waals surface area contributed by atoms with Crippen LogP contribution in [0.25, 0.3) is 0 Å². The van der Waals surface area contributed by atoms with E-state index in [9.17, 15) is 4.57 Å². The van der Waals surface area contributed by atoms with Gasteiger partial charge in [0.15, 0.2) is 0 Å². The van der Waals surface area contributed by atoms with Crippen LogP contribution in [0, 0.1) is 5.92 Å². The molecule has 146 valence electrons.